The van der Waals surface area contributed by atoms with Crippen molar-refractivity contribution in [2.75, 3.05) is 6.54 Å². The second-order valence-corrected chi connectivity index (χ2v) is 5.18. The van der Waals surface area contributed by atoms with Crippen molar-refractivity contribution < 1.29 is 4.79 Å². The number of likely N-dealkylation sites (N-methyl/N-ethyl adjacent to an activating group) is 1. The SMILES string of the molecule is CCNC(=O)/C=C/C1=CCC2CCC1C2CC. The maximum absolute atomic E-state index is 11.4. The third-order valence-corrected chi connectivity index (χ3v) is 4.30. The van der Waals surface area contributed by atoms with Crippen molar-refractivity contribution in [2.45, 2.75) is 39.5 Å². The lowest BCUT2D eigenvalue weighted by Gasteiger charge is -2.28. The minimum absolute atomic E-state index is 0.0292. The number of carbonyl (C=O) groups excluding carboxylic acids is 1. The fourth-order valence-corrected chi connectivity index (χ4v) is 3.51. The average molecular weight is 233 g/mol. The molecule has 3 unspecified atom stereocenters. The summed E-state index contributed by atoms with van der Waals surface area (Å²) in [6.45, 7) is 4.94. The average Bonchev–Trinajstić information content (AvgIpc) is 2.62. The Labute approximate surface area is 104 Å². The molecule has 1 N–H and O–H groups in total. The van der Waals surface area contributed by atoms with E-state index in [-0.39, 0.29) is 5.91 Å². The van der Waals surface area contributed by atoms with E-state index in [1.807, 2.05) is 13.0 Å². The molecule has 0 radical (unpaired) electrons. The Bertz CT molecular complexity index is 343. The van der Waals surface area contributed by atoms with E-state index >= 15 is 0 Å². The molecular weight excluding hydrogens is 210 g/mol. The molecule has 1 saturated carbocycles. The minimum Gasteiger partial charge on any atom is -0.353 e. The van der Waals surface area contributed by atoms with E-state index in [2.05, 4.69) is 18.3 Å². The largest absolute Gasteiger partial charge is 0.353 e. The van der Waals surface area contributed by atoms with Crippen LogP contribution in [-0.4, -0.2) is 12.5 Å². The first-order chi connectivity index (χ1) is 8.26. The molecule has 2 aliphatic carbocycles. The molecule has 1 amide bonds. The van der Waals surface area contributed by atoms with Gasteiger partial charge in [-0.2, -0.15) is 0 Å². The number of carbonyl (C=O) groups is 1. The molecule has 0 spiro atoms. The quantitative estimate of drug-likeness (QED) is 0.743. The summed E-state index contributed by atoms with van der Waals surface area (Å²) in [5, 5.41) is 2.80. The maximum atomic E-state index is 11.4. The van der Waals surface area contributed by atoms with Gasteiger partial charge in [-0.05, 0) is 49.5 Å². The monoisotopic (exact) mass is 233 g/mol. The van der Waals surface area contributed by atoms with Crippen molar-refractivity contribution >= 4 is 5.91 Å². The van der Waals surface area contributed by atoms with Crippen LogP contribution in [0.3, 0.4) is 0 Å². The third-order valence-electron chi connectivity index (χ3n) is 4.30. The highest BCUT2D eigenvalue weighted by Crippen LogP contribution is 2.48. The molecule has 0 heterocycles. The number of nitrogens with one attached hydrogen (secondary N) is 1. The molecule has 1 fully saturated rings. The van der Waals surface area contributed by atoms with E-state index in [1.54, 1.807) is 6.08 Å². The van der Waals surface area contributed by atoms with Gasteiger partial charge in [-0.15, -0.1) is 0 Å². The predicted octanol–water partition coefficient (Wildman–Crippen LogP) is 3.06. The summed E-state index contributed by atoms with van der Waals surface area (Å²) < 4.78 is 0. The normalized spacial score (nSPS) is 31.6. The summed E-state index contributed by atoms with van der Waals surface area (Å²) in [4.78, 5) is 11.4. The molecule has 94 valence electrons. The lowest BCUT2D eigenvalue weighted by atomic mass is 9.77. The summed E-state index contributed by atoms with van der Waals surface area (Å²) >= 11 is 0. The Morgan fingerprint density at radius 2 is 2.29 bits per heavy atom. The zero-order valence-corrected chi connectivity index (χ0v) is 10.9. The first kappa shape index (κ1) is 12.4. The van der Waals surface area contributed by atoms with Crippen LogP contribution in [0.2, 0.25) is 0 Å². The van der Waals surface area contributed by atoms with Crippen LogP contribution in [0.1, 0.15) is 39.5 Å². The highest BCUT2D eigenvalue weighted by atomic mass is 16.1. The zero-order valence-electron chi connectivity index (χ0n) is 10.9. The number of fused-ring (bicyclic) bond motifs is 2. The van der Waals surface area contributed by atoms with Crippen molar-refractivity contribution in [3.05, 3.63) is 23.8 Å². The Morgan fingerprint density at radius 1 is 1.47 bits per heavy atom. The van der Waals surface area contributed by atoms with Crippen molar-refractivity contribution in [1.82, 2.24) is 5.32 Å². The Morgan fingerprint density at radius 3 is 3.00 bits per heavy atom. The molecule has 2 heteroatoms. The van der Waals surface area contributed by atoms with Gasteiger partial charge in [-0.25, -0.2) is 0 Å². The molecule has 17 heavy (non-hydrogen) atoms. The molecule has 3 atom stereocenters. The molecule has 0 aromatic heterocycles. The van der Waals surface area contributed by atoms with Gasteiger partial charge in [0.15, 0.2) is 0 Å². The van der Waals surface area contributed by atoms with Crippen molar-refractivity contribution in [3.8, 4) is 0 Å². The topological polar surface area (TPSA) is 29.1 Å². The summed E-state index contributed by atoms with van der Waals surface area (Å²) in [6, 6.07) is 0. The molecule has 2 nitrogen and oxygen atoms in total. The van der Waals surface area contributed by atoms with Crippen LogP contribution in [0.5, 0.6) is 0 Å². The number of allylic oxidation sites excluding steroid dienone is 3. The van der Waals surface area contributed by atoms with E-state index < -0.39 is 0 Å². The van der Waals surface area contributed by atoms with E-state index in [9.17, 15) is 4.79 Å². The van der Waals surface area contributed by atoms with E-state index in [0.29, 0.717) is 12.5 Å². The molecule has 0 aliphatic heterocycles. The van der Waals surface area contributed by atoms with Crippen LogP contribution in [0, 0.1) is 17.8 Å². The third kappa shape index (κ3) is 2.62. The Balaban J connectivity index is 2.02. The molecule has 0 aromatic carbocycles. The fourth-order valence-electron chi connectivity index (χ4n) is 3.51. The molecular formula is C15H23NO. The Hall–Kier alpha value is -1.05. The van der Waals surface area contributed by atoms with E-state index in [0.717, 1.165) is 11.8 Å². The summed E-state index contributed by atoms with van der Waals surface area (Å²) in [7, 11) is 0. The van der Waals surface area contributed by atoms with Crippen molar-refractivity contribution in [2.24, 2.45) is 17.8 Å². The molecule has 2 rings (SSSR count). The second kappa shape index (κ2) is 5.52. The highest BCUT2D eigenvalue weighted by Gasteiger charge is 2.38. The van der Waals surface area contributed by atoms with Gasteiger partial charge in [0, 0.05) is 12.6 Å². The summed E-state index contributed by atoms with van der Waals surface area (Å²) in [5.74, 6) is 2.51. The van der Waals surface area contributed by atoms with Gasteiger partial charge in [-0.3, -0.25) is 4.79 Å². The standard InChI is InChI=1S/C15H23NO/c1-3-13-11-5-6-12(14(13)9-7-11)8-10-15(17)16-4-2/h6,8,10-11,13-14H,3-5,7,9H2,1-2H3,(H,16,17)/b10-8+. The maximum Gasteiger partial charge on any atom is 0.243 e. The molecule has 0 saturated heterocycles. The minimum atomic E-state index is 0.0292. The predicted molar refractivity (Wildman–Crippen MR) is 70.5 cm³/mol. The summed E-state index contributed by atoms with van der Waals surface area (Å²) in [5.41, 5.74) is 1.40. The van der Waals surface area contributed by atoms with Gasteiger partial charge < -0.3 is 5.32 Å². The van der Waals surface area contributed by atoms with Crippen LogP contribution in [-0.2, 0) is 4.79 Å². The van der Waals surface area contributed by atoms with Gasteiger partial charge in [-0.1, -0.05) is 25.5 Å². The van der Waals surface area contributed by atoms with Gasteiger partial charge in [0.25, 0.3) is 0 Å². The number of amides is 1. The smallest absolute Gasteiger partial charge is 0.243 e. The van der Waals surface area contributed by atoms with Crippen LogP contribution in [0.4, 0.5) is 0 Å². The van der Waals surface area contributed by atoms with Gasteiger partial charge >= 0.3 is 0 Å². The van der Waals surface area contributed by atoms with Crippen LogP contribution >= 0.6 is 0 Å². The number of hydrogen-bond donors (Lipinski definition) is 1. The number of rotatable bonds is 4. The molecule has 0 aromatic rings. The first-order valence-electron chi connectivity index (χ1n) is 6.92. The lowest BCUT2D eigenvalue weighted by molar-refractivity contribution is -0.116. The van der Waals surface area contributed by atoms with Crippen LogP contribution in [0.25, 0.3) is 0 Å². The molecule has 2 aliphatic rings. The van der Waals surface area contributed by atoms with Crippen LogP contribution < -0.4 is 5.32 Å². The van der Waals surface area contributed by atoms with Crippen LogP contribution in [0.15, 0.2) is 23.8 Å². The Kier molecular flexibility index (Phi) is 4.03. The number of hydrogen-bond acceptors (Lipinski definition) is 1. The first-order valence-corrected chi connectivity index (χ1v) is 6.92. The summed E-state index contributed by atoms with van der Waals surface area (Å²) in [6.07, 6.45) is 11.3. The van der Waals surface area contributed by atoms with Gasteiger partial charge in [0.05, 0.1) is 0 Å². The van der Waals surface area contributed by atoms with E-state index in [1.165, 1.54) is 31.3 Å². The zero-order chi connectivity index (χ0) is 12.3. The van der Waals surface area contributed by atoms with E-state index in [4.69, 9.17) is 0 Å². The van der Waals surface area contributed by atoms with Crippen molar-refractivity contribution in [3.63, 3.8) is 0 Å². The highest BCUT2D eigenvalue weighted by molar-refractivity contribution is 5.87. The van der Waals surface area contributed by atoms with Crippen molar-refractivity contribution in [1.29, 1.82) is 0 Å². The van der Waals surface area contributed by atoms with Gasteiger partial charge in [0.1, 0.15) is 0 Å². The second-order valence-electron chi connectivity index (χ2n) is 5.18. The lowest BCUT2D eigenvalue weighted by Crippen LogP contribution is -2.21. The fraction of sp³-hybridized carbons (Fsp3) is 0.667. The van der Waals surface area contributed by atoms with Gasteiger partial charge in [0.2, 0.25) is 5.91 Å². The molecule has 2 bridgehead atoms.